The normalized spacial score (nSPS) is 72.0. The average molecular weight is 300 g/mol. The van der Waals surface area contributed by atoms with Crippen LogP contribution in [0.15, 0.2) is 34.4 Å². The van der Waals surface area contributed by atoms with Gasteiger partial charge in [-0.2, -0.15) is 0 Å². The summed E-state index contributed by atoms with van der Waals surface area (Å²) < 4.78 is 0. The first kappa shape index (κ1) is 11.0. The first-order valence-electron chi connectivity index (χ1n) is 10.4. The predicted octanol–water partition coefficient (Wildman–Crippen LogP) is 4.60. The van der Waals surface area contributed by atoms with E-state index in [-0.39, 0.29) is 0 Å². The second kappa shape index (κ2) is 2.74. The maximum Gasteiger partial charge on any atom is -0.00133 e. The van der Waals surface area contributed by atoms with Crippen LogP contribution in [0.1, 0.15) is 32.6 Å². The maximum absolute atomic E-state index is 2.76. The SMILES string of the molecule is CC12C3=CC4=CCC(C3)C1C1=C4C3C1C1C4C5CC(C4C31)C2C5. The smallest absolute Gasteiger partial charge is 0.00133 e. The van der Waals surface area contributed by atoms with Crippen LogP contribution in [0, 0.1) is 70.5 Å². The molecule has 12 unspecified atom stereocenters. The van der Waals surface area contributed by atoms with Crippen molar-refractivity contribution in [2.75, 3.05) is 0 Å². The van der Waals surface area contributed by atoms with Crippen molar-refractivity contribution in [1.82, 2.24) is 0 Å². The van der Waals surface area contributed by atoms with Gasteiger partial charge in [-0.1, -0.05) is 30.2 Å². The molecule has 0 heteroatoms. The van der Waals surface area contributed by atoms with Gasteiger partial charge in [-0.15, -0.1) is 0 Å². The van der Waals surface area contributed by atoms with Gasteiger partial charge in [0.05, 0.1) is 0 Å². The Morgan fingerprint density at radius 2 is 1.91 bits per heavy atom. The zero-order valence-corrected chi connectivity index (χ0v) is 13.8. The van der Waals surface area contributed by atoms with E-state index >= 15 is 0 Å². The lowest BCUT2D eigenvalue weighted by Crippen LogP contribution is -2.70. The third-order valence-corrected chi connectivity index (χ3v) is 11.4. The van der Waals surface area contributed by atoms with Gasteiger partial charge < -0.3 is 0 Å². The van der Waals surface area contributed by atoms with Gasteiger partial charge >= 0.3 is 0 Å². The molecule has 0 spiro atoms. The molecule has 12 aliphatic rings. The summed E-state index contributed by atoms with van der Waals surface area (Å²) in [7, 11) is 0. The molecular weight excluding hydrogens is 276 g/mol. The molecule has 0 heterocycles. The molecule has 0 radical (unpaired) electrons. The van der Waals surface area contributed by atoms with E-state index in [0.29, 0.717) is 5.41 Å². The van der Waals surface area contributed by atoms with E-state index in [4.69, 9.17) is 0 Å². The fourth-order valence-electron chi connectivity index (χ4n) is 11.2. The van der Waals surface area contributed by atoms with Gasteiger partial charge in [0.25, 0.3) is 0 Å². The summed E-state index contributed by atoms with van der Waals surface area (Å²) >= 11 is 0. The monoisotopic (exact) mass is 300 g/mol. The lowest BCUT2D eigenvalue weighted by molar-refractivity contribution is -0.217. The summed E-state index contributed by atoms with van der Waals surface area (Å²) in [6.07, 6.45) is 11.5. The standard InChI is InChI=1S/C23H24/c1-23-11-4-8-2-3-9(5-11)22(23)21-14(8)17-19-16-12-6-10(7-13(12)23)15(16)18(19)20(17)21/h2,4,9-10,12-13,15-20,22H,3,5-7H2,1H3. The van der Waals surface area contributed by atoms with Gasteiger partial charge in [0.15, 0.2) is 0 Å². The molecule has 12 rings (SSSR count). The third kappa shape index (κ3) is 0.750. The van der Waals surface area contributed by atoms with Crippen molar-refractivity contribution < 1.29 is 0 Å². The molecule has 0 aromatic rings. The Hall–Kier alpha value is -0.780. The summed E-state index contributed by atoms with van der Waals surface area (Å²) in [6, 6.07) is 0. The molecule has 7 saturated carbocycles. The molecule has 0 aromatic carbocycles. The second-order valence-corrected chi connectivity index (χ2v) is 11.0. The average Bonchev–Trinajstić information content (AvgIpc) is 3.00. The van der Waals surface area contributed by atoms with Crippen LogP contribution < -0.4 is 0 Å². The molecule has 12 aliphatic carbocycles. The molecule has 0 amide bonds. The van der Waals surface area contributed by atoms with Crippen LogP contribution in [0.4, 0.5) is 0 Å². The predicted molar refractivity (Wildman–Crippen MR) is 88.2 cm³/mol. The van der Waals surface area contributed by atoms with Crippen LogP contribution in [0.5, 0.6) is 0 Å². The van der Waals surface area contributed by atoms with Gasteiger partial charge in [-0.25, -0.2) is 0 Å². The van der Waals surface area contributed by atoms with Gasteiger partial charge in [0, 0.05) is 0 Å². The molecule has 7 fully saturated rings. The molecule has 12 atom stereocenters. The van der Waals surface area contributed by atoms with Crippen LogP contribution in [0.3, 0.4) is 0 Å². The van der Waals surface area contributed by atoms with Crippen LogP contribution in [0.2, 0.25) is 0 Å². The highest BCUT2D eigenvalue weighted by Gasteiger charge is 2.82. The Morgan fingerprint density at radius 3 is 2.87 bits per heavy atom. The largest absolute Gasteiger partial charge is 0.0767 e. The summed E-state index contributed by atoms with van der Waals surface area (Å²) in [4.78, 5) is 0. The van der Waals surface area contributed by atoms with E-state index < -0.39 is 0 Å². The molecular formula is C23H24. The van der Waals surface area contributed by atoms with Crippen molar-refractivity contribution in [3.8, 4) is 0 Å². The second-order valence-electron chi connectivity index (χ2n) is 11.0. The first-order chi connectivity index (χ1) is 11.3. The van der Waals surface area contributed by atoms with Crippen LogP contribution in [0.25, 0.3) is 0 Å². The van der Waals surface area contributed by atoms with Gasteiger partial charge in [-0.3, -0.25) is 0 Å². The van der Waals surface area contributed by atoms with E-state index in [9.17, 15) is 0 Å². The Labute approximate surface area is 138 Å². The minimum absolute atomic E-state index is 0.571. The summed E-state index contributed by atoms with van der Waals surface area (Å²) in [5, 5.41) is 0. The van der Waals surface area contributed by atoms with Crippen molar-refractivity contribution in [2.45, 2.75) is 32.6 Å². The summed E-state index contributed by atoms with van der Waals surface area (Å²) in [5.74, 6) is 12.1. The molecule has 116 valence electrons. The fourth-order valence-corrected chi connectivity index (χ4v) is 11.2. The van der Waals surface area contributed by atoms with Crippen molar-refractivity contribution in [1.29, 1.82) is 0 Å². The van der Waals surface area contributed by atoms with Crippen molar-refractivity contribution in [3.63, 3.8) is 0 Å². The summed E-state index contributed by atoms with van der Waals surface area (Å²) in [6.45, 7) is 2.76. The van der Waals surface area contributed by atoms with Crippen LogP contribution in [-0.4, -0.2) is 0 Å². The molecule has 0 N–H and O–H groups in total. The van der Waals surface area contributed by atoms with Crippen molar-refractivity contribution in [3.05, 3.63) is 34.4 Å². The van der Waals surface area contributed by atoms with Gasteiger partial charge in [0.1, 0.15) is 0 Å². The lowest BCUT2D eigenvalue weighted by atomic mass is 9.29. The Morgan fingerprint density at radius 1 is 1.00 bits per heavy atom. The minimum atomic E-state index is 0.571. The Kier molecular flexibility index (Phi) is 1.31. The molecule has 0 aromatic heterocycles. The zero-order valence-electron chi connectivity index (χ0n) is 13.8. The molecule has 0 saturated heterocycles. The summed E-state index contributed by atoms with van der Waals surface area (Å²) in [5.41, 5.74) is 8.22. The Balaban J connectivity index is 1.47. The zero-order chi connectivity index (χ0) is 14.4. The van der Waals surface area contributed by atoms with E-state index in [1.807, 2.05) is 11.1 Å². The van der Waals surface area contributed by atoms with E-state index in [0.717, 1.165) is 47.3 Å². The number of allylic oxidation sites excluding steroid dienone is 6. The number of rotatable bonds is 0. The maximum atomic E-state index is 2.76. The van der Waals surface area contributed by atoms with E-state index in [1.165, 1.54) is 30.6 Å². The molecule has 0 aliphatic heterocycles. The highest BCUT2D eigenvalue weighted by atomic mass is 14.9. The molecule has 0 nitrogen and oxygen atoms in total. The highest BCUT2D eigenvalue weighted by Crippen LogP contribution is 2.88. The Bertz CT molecular complexity index is 838. The number of hydrogen-bond acceptors (Lipinski definition) is 0. The molecule has 23 heavy (non-hydrogen) atoms. The lowest BCUT2D eigenvalue weighted by Gasteiger charge is -2.75. The highest BCUT2D eigenvalue weighted by molar-refractivity contribution is 5.64. The third-order valence-electron chi connectivity index (χ3n) is 11.4. The minimum Gasteiger partial charge on any atom is -0.0767 e. The number of fused-ring (bicyclic) bond motifs is 2. The van der Waals surface area contributed by atoms with Gasteiger partial charge in [-0.05, 0) is 107 Å². The number of hydrogen-bond donors (Lipinski definition) is 0. The quantitative estimate of drug-likeness (QED) is 0.613. The molecule has 15 bridgehead atoms. The van der Waals surface area contributed by atoms with Gasteiger partial charge in [0.2, 0.25) is 0 Å². The van der Waals surface area contributed by atoms with E-state index in [1.54, 1.807) is 18.4 Å². The topological polar surface area (TPSA) is 0 Å². The van der Waals surface area contributed by atoms with Crippen LogP contribution in [-0.2, 0) is 0 Å². The van der Waals surface area contributed by atoms with Crippen molar-refractivity contribution in [2.24, 2.45) is 70.5 Å². The van der Waals surface area contributed by atoms with E-state index in [2.05, 4.69) is 24.6 Å². The van der Waals surface area contributed by atoms with Crippen molar-refractivity contribution >= 4 is 0 Å². The van der Waals surface area contributed by atoms with Crippen LogP contribution >= 0.6 is 0 Å². The fraction of sp³-hybridized carbons (Fsp3) is 0.739. The first-order valence-corrected chi connectivity index (χ1v) is 10.4.